The van der Waals surface area contributed by atoms with Crippen LogP contribution in [0.3, 0.4) is 0 Å². The molecule has 2 aromatic rings. The van der Waals surface area contributed by atoms with Gasteiger partial charge in [-0.2, -0.15) is 0 Å². The molecule has 0 aliphatic carbocycles. The molecular formula is C15H13N. The van der Waals surface area contributed by atoms with Gasteiger partial charge in [0.1, 0.15) is 0 Å². The summed E-state index contributed by atoms with van der Waals surface area (Å²) in [6.07, 6.45) is 2.99. The largest absolute Gasteiger partial charge is 0.284 e. The van der Waals surface area contributed by atoms with E-state index in [4.69, 9.17) is 0 Å². The van der Waals surface area contributed by atoms with Gasteiger partial charge in [0.15, 0.2) is 0 Å². The Balaban J connectivity index is 2.09. The quantitative estimate of drug-likeness (QED) is 0.679. The fourth-order valence-electron chi connectivity index (χ4n) is 2.22. The van der Waals surface area contributed by atoms with E-state index in [1.165, 1.54) is 16.7 Å². The summed E-state index contributed by atoms with van der Waals surface area (Å²) in [6.45, 7) is 0. The van der Waals surface area contributed by atoms with Crippen molar-refractivity contribution < 1.29 is 0 Å². The fraction of sp³-hybridized carbons (Fsp3) is 0.133. The highest BCUT2D eigenvalue weighted by Gasteiger charge is 2.17. The number of hydrogen-bond donors (Lipinski definition) is 0. The number of rotatable bonds is 1. The molecule has 0 aromatic heterocycles. The first-order chi connectivity index (χ1) is 7.95. The topological polar surface area (TPSA) is 12.4 Å². The second-order valence-corrected chi connectivity index (χ2v) is 4.05. The van der Waals surface area contributed by atoms with Crippen LogP contribution in [-0.4, -0.2) is 6.21 Å². The van der Waals surface area contributed by atoms with Gasteiger partial charge in [-0.1, -0.05) is 54.6 Å². The Morgan fingerprint density at radius 2 is 1.62 bits per heavy atom. The van der Waals surface area contributed by atoms with E-state index in [0.717, 1.165) is 6.42 Å². The Morgan fingerprint density at radius 1 is 0.875 bits per heavy atom. The first kappa shape index (κ1) is 9.34. The Morgan fingerprint density at radius 3 is 2.50 bits per heavy atom. The van der Waals surface area contributed by atoms with Crippen molar-refractivity contribution >= 4 is 6.21 Å². The fourth-order valence-corrected chi connectivity index (χ4v) is 2.22. The minimum absolute atomic E-state index is 0.186. The lowest BCUT2D eigenvalue weighted by atomic mass is 9.92. The average Bonchev–Trinajstić information content (AvgIpc) is 2.39. The van der Waals surface area contributed by atoms with E-state index in [2.05, 4.69) is 53.5 Å². The summed E-state index contributed by atoms with van der Waals surface area (Å²) in [7, 11) is 0. The Bertz CT molecular complexity index is 514. The number of benzene rings is 2. The third-order valence-corrected chi connectivity index (χ3v) is 3.03. The molecule has 1 heteroatoms. The van der Waals surface area contributed by atoms with Crippen LogP contribution < -0.4 is 0 Å². The number of hydrogen-bond acceptors (Lipinski definition) is 1. The normalized spacial score (nSPS) is 18.1. The number of aliphatic imine (C=N–C) groups is 1. The van der Waals surface area contributed by atoms with Crippen LogP contribution in [0.15, 0.2) is 59.6 Å². The maximum Gasteiger partial charge on any atom is 0.0998 e. The molecule has 0 radical (unpaired) electrons. The second kappa shape index (κ2) is 3.93. The summed E-state index contributed by atoms with van der Waals surface area (Å²) in [4.78, 5) is 4.62. The summed E-state index contributed by atoms with van der Waals surface area (Å²) < 4.78 is 0. The van der Waals surface area contributed by atoms with Gasteiger partial charge in [0, 0.05) is 12.6 Å². The van der Waals surface area contributed by atoms with Crippen LogP contribution in [0.2, 0.25) is 0 Å². The predicted octanol–water partition coefficient (Wildman–Crippen LogP) is 3.40. The summed E-state index contributed by atoms with van der Waals surface area (Å²) in [5.74, 6) is 0. The molecule has 0 saturated heterocycles. The van der Waals surface area contributed by atoms with Crippen LogP contribution in [0.5, 0.6) is 0 Å². The zero-order valence-electron chi connectivity index (χ0n) is 9.01. The molecule has 1 nitrogen and oxygen atoms in total. The first-order valence-electron chi connectivity index (χ1n) is 5.59. The van der Waals surface area contributed by atoms with Crippen molar-refractivity contribution in [2.45, 2.75) is 12.5 Å². The van der Waals surface area contributed by atoms with Crippen molar-refractivity contribution in [1.29, 1.82) is 0 Å². The van der Waals surface area contributed by atoms with E-state index in [0.29, 0.717) is 0 Å². The van der Waals surface area contributed by atoms with Gasteiger partial charge in [0.05, 0.1) is 6.04 Å². The van der Waals surface area contributed by atoms with Gasteiger partial charge >= 0.3 is 0 Å². The highest BCUT2D eigenvalue weighted by molar-refractivity contribution is 5.66. The standard InChI is InChI=1S/C15H13N/c1-2-7-13(8-3-1)15-14-9-5-4-6-12(14)10-11-16-15/h1-9,11,15H,10H2. The molecule has 1 unspecified atom stereocenters. The molecule has 16 heavy (non-hydrogen) atoms. The van der Waals surface area contributed by atoms with Gasteiger partial charge in [-0.05, 0) is 16.7 Å². The van der Waals surface area contributed by atoms with E-state index < -0.39 is 0 Å². The van der Waals surface area contributed by atoms with Gasteiger partial charge in [-0.3, -0.25) is 4.99 Å². The highest BCUT2D eigenvalue weighted by atomic mass is 14.8. The molecule has 2 aromatic carbocycles. The molecule has 1 aliphatic heterocycles. The SMILES string of the molecule is C1=NC(c2ccccc2)c2ccccc2C1. The molecule has 1 heterocycles. The van der Waals surface area contributed by atoms with Gasteiger partial charge in [-0.15, -0.1) is 0 Å². The van der Waals surface area contributed by atoms with Gasteiger partial charge in [-0.25, -0.2) is 0 Å². The molecule has 0 N–H and O–H groups in total. The van der Waals surface area contributed by atoms with E-state index >= 15 is 0 Å². The lowest BCUT2D eigenvalue weighted by Crippen LogP contribution is -2.08. The van der Waals surface area contributed by atoms with Crippen molar-refractivity contribution in [3.05, 3.63) is 71.3 Å². The predicted molar refractivity (Wildman–Crippen MR) is 66.9 cm³/mol. The molecular weight excluding hydrogens is 194 g/mol. The Labute approximate surface area is 95.5 Å². The van der Waals surface area contributed by atoms with Crippen LogP contribution in [0.4, 0.5) is 0 Å². The van der Waals surface area contributed by atoms with Crippen LogP contribution in [-0.2, 0) is 6.42 Å². The summed E-state index contributed by atoms with van der Waals surface area (Å²) in [6, 6.07) is 19.2. The zero-order chi connectivity index (χ0) is 10.8. The van der Waals surface area contributed by atoms with E-state index in [-0.39, 0.29) is 6.04 Å². The van der Waals surface area contributed by atoms with Crippen LogP contribution in [0.1, 0.15) is 22.7 Å². The zero-order valence-corrected chi connectivity index (χ0v) is 9.01. The molecule has 1 atom stereocenters. The maximum atomic E-state index is 4.62. The van der Waals surface area contributed by atoms with Crippen LogP contribution in [0.25, 0.3) is 0 Å². The lowest BCUT2D eigenvalue weighted by Gasteiger charge is -2.20. The highest BCUT2D eigenvalue weighted by Crippen LogP contribution is 2.30. The molecule has 3 rings (SSSR count). The summed E-state index contributed by atoms with van der Waals surface area (Å²) >= 11 is 0. The molecule has 1 aliphatic rings. The third kappa shape index (κ3) is 1.54. The minimum atomic E-state index is 0.186. The molecule has 0 spiro atoms. The first-order valence-corrected chi connectivity index (χ1v) is 5.59. The van der Waals surface area contributed by atoms with Crippen molar-refractivity contribution in [3.8, 4) is 0 Å². The van der Waals surface area contributed by atoms with Crippen LogP contribution >= 0.6 is 0 Å². The van der Waals surface area contributed by atoms with Crippen molar-refractivity contribution in [2.75, 3.05) is 0 Å². The van der Waals surface area contributed by atoms with E-state index in [1.807, 2.05) is 12.3 Å². The molecule has 78 valence electrons. The van der Waals surface area contributed by atoms with E-state index in [9.17, 15) is 0 Å². The Hall–Kier alpha value is -1.89. The molecule has 0 fully saturated rings. The minimum Gasteiger partial charge on any atom is -0.284 e. The van der Waals surface area contributed by atoms with Gasteiger partial charge < -0.3 is 0 Å². The second-order valence-electron chi connectivity index (χ2n) is 4.05. The summed E-state index contributed by atoms with van der Waals surface area (Å²) in [5.41, 5.74) is 4.01. The number of fused-ring (bicyclic) bond motifs is 1. The van der Waals surface area contributed by atoms with Crippen LogP contribution in [0, 0.1) is 0 Å². The molecule has 0 amide bonds. The average molecular weight is 207 g/mol. The maximum absolute atomic E-state index is 4.62. The molecule has 0 bridgehead atoms. The van der Waals surface area contributed by atoms with E-state index in [1.54, 1.807) is 0 Å². The van der Waals surface area contributed by atoms with Gasteiger partial charge in [0.2, 0.25) is 0 Å². The van der Waals surface area contributed by atoms with Crippen molar-refractivity contribution in [2.24, 2.45) is 4.99 Å². The number of nitrogens with zero attached hydrogens (tertiary/aromatic N) is 1. The lowest BCUT2D eigenvalue weighted by molar-refractivity contribution is 0.843. The monoisotopic (exact) mass is 207 g/mol. The van der Waals surface area contributed by atoms with Gasteiger partial charge in [0.25, 0.3) is 0 Å². The summed E-state index contributed by atoms with van der Waals surface area (Å²) in [5, 5.41) is 0. The molecule has 0 saturated carbocycles. The van der Waals surface area contributed by atoms with Crippen molar-refractivity contribution in [1.82, 2.24) is 0 Å². The smallest absolute Gasteiger partial charge is 0.0998 e. The van der Waals surface area contributed by atoms with Crippen molar-refractivity contribution in [3.63, 3.8) is 0 Å². The third-order valence-electron chi connectivity index (χ3n) is 3.03. The Kier molecular flexibility index (Phi) is 2.30.